The van der Waals surface area contributed by atoms with Gasteiger partial charge >= 0.3 is 0 Å². The van der Waals surface area contributed by atoms with Gasteiger partial charge in [-0.1, -0.05) is 39.5 Å². The molecule has 1 N–H and O–H groups in total. The molecule has 0 aromatic carbocycles. The normalized spacial score (nSPS) is 27.2. The minimum Gasteiger partial charge on any atom is -0.311 e. The van der Waals surface area contributed by atoms with E-state index in [-0.39, 0.29) is 0 Å². The number of rotatable bonds is 6. The van der Waals surface area contributed by atoms with Crippen LogP contribution in [0, 0.1) is 5.92 Å². The summed E-state index contributed by atoms with van der Waals surface area (Å²) >= 11 is 0. The number of likely N-dealkylation sites (tertiary alicyclic amines) is 1. The van der Waals surface area contributed by atoms with Gasteiger partial charge in [0.15, 0.2) is 0 Å². The number of hydrogen-bond donors (Lipinski definition) is 1. The molecule has 2 fully saturated rings. The molecule has 1 unspecified atom stereocenters. The zero-order chi connectivity index (χ0) is 12.8. The van der Waals surface area contributed by atoms with E-state index in [4.69, 9.17) is 0 Å². The van der Waals surface area contributed by atoms with Crippen molar-refractivity contribution in [3.8, 4) is 0 Å². The molecule has 0 spiro atoms. The average molecular weight is 252 g/mol. The number of piperidine rings is 1. The van der Waals surface area contributed by atoms with Crippen LogP contribution in [0.25, 0.3) is 0 Å². The van der Waals surface area contributed by atoms with Crippen LogP contribution in [-0.4, -0.2) is 36.6 Å². The summed E-state index contributed by atoms with van der Waals surface area (Å²) in [5, 5.41) is 3.70. The molecule has 1 aliphatic heterocycles. The van der Waals surface area contributed by atoms with Crippen LogP contribution in [0.2, 0.25) is 0 Å². The fourth-order valence-electron chi connectivity index (χ4n) is 3.77. The Morgan fingerprint density at radius 1 is 1.11 bits per heavy atom. The molecule has 1 saturated heterocycles. The first-order valence-corrected chi connectivity index (χ1v) is 8.22. The highest BCUT2D eigenvalue weighted by atomic mass is 15.2. The predicted molar refractivity (Wildman–Crippen MR) is 78.9 cm³/mol. The molecule has 1 atom stereocenters. The van der Waals surface area contributed by atoms with E-state index in [2.05, 4.69) is 24.1 Å². The van der Waals surface area contributed by atoms with Crippen molar-refractivity contribution in [2.75, 3.05) is 19.6 Å². The van der Waals surface area contributed by atoms with Gasteiger partial charge in [0.2, 0.25) is 0 Å². The third-order valence-corrected chi connectivity index (χ3v) is 4.64. The lowest BCUT2D eigenvalue weighted by Crippen LogP contribution is -2.47. The van der Waals surface area contributed by atoms with E-state index in [1.54, 1.807) is 0 Å². The van der Waals surface area contributed by atoms with Crippen molar-refractivity contribution in [3.63, 3.8) is 0 Å². The van der Waals surface area contributed by atoms with Gasteiger partial charge in [-0.25, -0.2) is 0 Å². The third-order valence-electron chi connectivity index (χ3n) is 4.64. The average Bonchev–Trinajstić information content (AvgIpc) is 2.82. The molecule has 2 heteroatoms. The van der Waals surface area contributed by atoms with E-state index >= 15 is 0 Å². The summed E-state index contributed by atoms with van der Waals surface area (Å²) in [7, 11) is 0. The second kappa shape index (κ2) is 7.49. The van der Waals surface area contributed by atoms with Crippen LogP contribution in [0.4, 0.5) is 0 Å². The summed E-state index contributed by atoms with van der Waals surface area (Å²) in [6.45, 7) is 8.48. The van der Waals surface area contributed by atoms with E-state index in [9.17, 15) is 0 Å². The van der Waals surface area contributed by atoms with E-state index in [1.807, 2.05) is 0 Å². The molecular formula is C16H32N2. The van der Waals surface area contributed by atoms with Crippen LogP contribution in [0.5, 0.6) is 0 Å². The topological polar surface area (TPSA) is 15.3 Å². The predicted octanol–water partition coefficient (Wildman–Crippen LogP) is 3.42. The molecule has 2 rings (SSSR count). The molecule has 2 nitrogen and oxygen atoms in total. The van der Waals surface area contributed by atoms with Crippen molar-refractivity contribution in [3.05, 3.63) is 0 Å². The maximum Gasteiger partial charge on any atom is 0.0197 e. The SMILES string of the molecule is CC(C)NC1CCCN(CCCC2CCCC2)C1. The lowest BCUT2D eigenvalue weighted by molar-refractivity contribution is 0.180. The largest absolute Gasteiger partial charge is 0.311 e. The first kappa shape index (κ1) is 14.3. The first-order valence-electron chi connectivity index (χ1n) is 8.22. The molecule has 2 aliphatic rings. The molecule has 18 heavy (non-hydrogen) atoms. The Labute approximate surface area is 114 Å². The Bertz CT molecular complexity index is 221. The summed E-state index contributed by atoms with van der Waals surface area (Å²) in [6.07, 6.45) is 11.7. The smallest absolute Gasteiger partial charge is 0.0197 e. The lowest BCUT2D eigenvalue weighted by atomic mass is 10.0. The van der Waals surface area contributed by atoms with E-state index in [0.29, 0.717) is 6.04 Å². The van der Waals surface area contributed by atoms with Crippen LogP contribution in [-0.2, 0) is 0 Å². The van der Waals surface area contributed by atoms with Gasteiger partial charge in [0.05, 0.1) is 0 Å². The van der Waals surface area contributed by atoms with Gasteiger partial charge in [-0.15, -0.1) is 0 Å². The van der Waals surface area contributed by atoms with Crippen molar-refractivity contribution in [1.29, 1.82) is 0 Å². The van der Waals surface area contributed by atoms with Crippen LogP contribution >= 0.6 is 0 Å². The van der Waals surface area contributed by atoms with Gasteiger partial charge in [0.25, 0.3) is 0 Å². The standard InChI is InChI=1S/C16H32N2/c1-14(2)17-16-10-6-12-18(13-16)11-5-9-15-7-3-4-8-15/h14-17H,3-13H2,1-2H3. The van der Waals surface area contributed by atoms with E-state index in [1.165, 1.54) is 71.0 Å². The fourth-order valence-corrected chi connectivity index (χ4v) is 3.77. The molecule has 0 bridgehead atoms. The fraction of sp³-hybridized carbons (Fsp3) is 1.00. The Morgan fingerprint density at radius 2 is 1.89 bits per heavy atom. The summed E-state index contributed by atoms with van der Waals surface area (Å²) < 4.78 is 0. The second-order valence-electron chi connectivity index (χ2n) is 6.75. The Morgan fingerprint density at radius 3 is 2.61 bits per heavy atom. The van der Waals surface area contributed by atoms with Crippen LogP contribution < -0.4 is 5.32 Å². The minimum absolute atomic E-state index is 0.633. The number of nitrogens with zero attached hydrogens (tertiary/aromatic N) is 1. The molecular weight excluding hydrogens is 220 g/mol. The van der Waals surface area contributed by atoms with Gasteiger partial charge in [0.1, 0.15) is 0 Å². The maximum atomic E-state index is 3.70. The third kappa shape index (κ3) is 4.89. The van der Waals surface area contributed by atoms with E-state index in [0.717, 1.165) is 12.0 Å². The second-order valence-corrected chi connectivity index (χ2v) is 6.75. The Kier molecular flexibility index (Phi) is 5.97. The number of hydrogen-bond acceptors (Lipinski definition) is 2. The van der Waals surface area contributed by atoms with Crippen molar-refractivity contribution in [2.45, 2.75) is 77.3 Å². The zero-order valence-electron chi connectivity index (χ0n) is 12.5. The summed E-state index contributed by atoms with van der Waals surface area (Å²) in [5.74, 6) is 1.07. The van der Waals surface area contributed by atoms with Gasteiger partial charge in [0, 0.05) is 18.6 Å². The Balaban J connectivity index is 1.59. The first-order chi connectivity index (χ1) is 8.74. The molecule has 1 saturated carbocycles. The van der Waals surface area contributed by atoms with Crippen molar-refractivity contribution in [2.24, 2.45) is 5.92 Å². The highest BCUT2D eigenvalue weighted by Crippen LogP contribution is 2.28. The molecule has 0 radical (unpaired) electrons. The van der Waals surface area contributed by atoms with Crippen LogP contribution in [0.1, 0.15) is 65.2 Å². The highest BCUT2D eigenvalue weighted by molar-refractivity contribution is 4.79. The van der Waals surface area contributed by atoms with Crippen molar-refractivity contribution >= 4 is 0 Å². The van der Waals surface area contributed by atoms with Gasteiger partial charge in [-0.3, -0.25) is 0 Å². The summed E-state index contributed by atoms with van der Waals surface area (Å²) in [4.78, 5) is 2.69. The Hall–Kier alpha value is -0.0800. The molecule has 1 heterocycles. The van der Waals surface area contributed by atoms with Crippen molar-refractivity contribution in [1.82, 2.24) is 10.2 Å². The maximum absolute atomic E-state index is 3.70. The van der Waals surface area contributed by atoms with Crippen molar-refractivity contribution < 1.29 is 0 Å². The minimum atomic E-state index is 0.633. The number of nitrogens with one attached hydrogen (secondary N) is 1. The lowest BCUT2D eigenvalue weighted by Gasteiger charge is -2.34. The summed E-state index contributed by atoms with van der Waals surface area (Å²) in [6, 6.07) is 1.37. The molecule has 0 amide bonds. The molecule has 106 valence electrons. The highest BCUT2D eigenvalue weighted by Gasteiger charge is 2.20. The molecule has 0 aromatic rings. The summed E-state index contributed by atoms with van der Waals surface area (Å²) in [5.41, 5.74) is 0. The molecule has 0 aromatic heterocycles. The van der Waals surface area contributed by atoms with Gasteiger partial charge < -0.3 is 10.2 Å². The zero-order valence-corrected chi connectivity index (χ0v) is 12.5. The molecule has 1 aliphatic carbocycles. The van der Waals surface area contributed by atoms with Gasteiger partial charge in [-0.05, 0) is 44.7 Å². The monoisotopic (exact) mass is 252 g/mol. The quantitative estimate of drug-likeness (QED) is 0.779. The van der Waals surface area contributed by atoms with E-state index < -0.39 is 0 Å². The van der Waals surface area contributed by atoms with Crippen LogP contribution in [0.15, 0.2) is 0 Å². The van der Waals surface area contributed by atoms with Gasteiger partial charge in [-0.2, -0.15) is 0 Å². The van der Waals surface area contributed by atoms with Crippen LogP contribution in [0.3, 0.4) is 0 Å².